The van der Waals surface area contributed by atoms with Gasteiger partial charge in [0.15, 0.2) is 11.5 Å². The number of sulfonamides is 1. The van der Waals surface area contributed by atoms with E-state index < -0.39 is 24.7 Å². The topological polar surface area (TPSA) is 163 Å². The second-order valence-corrected chi connectivity index (χ2v) is 12.9. The molecule has 200 valence electrons. The van der Waals surface area contributed by atoms with Crippen molar-refractivity contribution in [3.63, 3.8) is 0 Å². The number of rotatable bonds is 12. The van der Waals surface area contributed by atoms with Gasteiger partial charge in [0.1, 0.15) is 12.1 Å². The van der Waals surface area contributed by atoms with Crippen LogP contribution in [0.5, 0.6) is 11.5 Å². The predicted molar refractivity (Wildman–Crippen MR) is 141 cm³/mol. The summed E-state index contributed by atoms with van der Waals surface area (Å²) in [7, 11) is -5.76. The highest BCUT2D eigenvalue weighted by atomic mass is 32.3. The van der Waals surface area contributed by atoms with E-state index in [0.717, 1.165) is 29.7 Å². The molecule has 1 atom stereocenters. The minimum atomic E-state index is -4.23. The number of nitrogens with zero attached hydrogens (tertiary/aromatic N) is 4. The summed E-state index contributed by atoms with van der Waals surface area (Å²) in [4.78, 5) is 18.5. The number of ether oxygens (including phenoxy) is 2. The van der Waals surface area contributed by atoms with Crippen LogP contribution in [0.3, 0.4) is 0 Å². The Morgan fingerprint density at radius 1 is 1.08 bits per heavy atom. The molecule has 1 heterocycles. The molecule has 0 saturated carbocycles. The lowest BCUT2D eigenvalue weighted by Gasteiger charge is -2.15. The first-order valence-electron chi connectivity index (χ1n) is 11.3. The van der Waals surface area contributed by atoms with Gasteiger partial charge in [0.25, 0.3) is 15.7 Å². The Balaban J connectivity index is 1.63. The lowest BCUT2D eigenvalue weighted by molar-refractivity contribution is -0.384. The Hall–Kier alpha value is -3.52. The highest BCUT2D eigenvalue weighted by Crippen LogP contribution is 2.34. The van der Waals surface area contributed by atoms with Crippen molar-refractivity contribution >= 4 is 42.2 Å². The number of methoxy groups -OCH3 is 1. The van der Waals surface area contributed by atoms with E-state index in [1.54, 1.807) is 12.1 Å². The van der Waals surface area contributed by atoms with Gasteiger partial charge in [0.2, 0.25) is 0 Å². The molecule has 14 heteroatoms. The van der Waals surface area contributed by atoms with E-state index in [9.17, 15) is 22.7 Å². The van der Waals surface area contributed by atoms with Crippen LogP contribution >= 0.6 is 0 Å². The van der Waals surface area contributed by atoms with Crippen molar-refractivity contribution in [1.29, 1.82) is 0 Å². The van der Waals surface area contributed by atoms with Gasteiger partial charge in [-0.05, 0) is 44.9 Å². The summed E-state index contributed by atoms with van der Waals surface area (Å²) in [5.41, 5.74) is 0.431. The minimum Gasteiger partial charge on any atom is -0.493 e. The first-order valence-corrected chi connectivity index (χ1v) is 14.9. The summed E-state index contributed by atoms with van der Waals surface area (Å²) >= 11 is 0. The van der Waals surface area contributed by atoms with Gasteiger partial charge in [0, 0.05) is 41.6 Å². The normalized spacial score (nSPS) is 13.2. The molecule has 1 aromatic heterocycles. The maximum atomic E-state index is 12.8. The third kappa shape index (κ3) is 7.49. The largest absolute Gasteiger partial charge is 0.493 e. The molecule has 0 saturated heterocycles. The van der Waals surface area contributed by atoms with Gasteiger partial charge < -0.3 is 14.8 Å². The summed E-state index contributed by atoms with van der Waals surface area (Å²) in [6, 6.07) is 8.02. The average Bonchev–Trinajstić information content (AvgIpc) is 2.82. The standard InChI is InChI=1S/C23H29N5O7S2/c1-16(2)26-23-19-13-21(34-3)22(14-20(19)24-15-25-23)35-11-5-6-12-36(4,31)27-37(32,33)18-9-7-17(8-10-18)28(29)30/h7-10,13-16H,5-6,11-12H2,1-4H3,(H,24,25,26). The number of non-ortho nitro benzene ring substituents is 1. The van der Waals surface area contributed by atoms with E-state index in [4.69, 9.17) is 9.47 Å². The van der Waals surface area contributed by atoms with Crippen LogP contribution in [-0.4, -0.2) is 59.3 Å². The summed E-state index contributed by atoms with van der Waals surface area (Å²) in [6.07, 6.45) is 3.62. The second kappa shape index (κ2) is 11.7. The SMILES string of the molecule is COc1cc2c(NC(C)C)ncnc2cc1OCCCCS(C)(=O)=NS(=O)(=O)c1ccc([N+](=O)[O-])cc1. The molecule has 0 radical (unpaired) electrons. The van der Waals surface area contributed by atoms with Crippen LogP contribution in [0, 0.1) is 10.1 Å². The molecule has 0 spiro atoms. The van der Waals surface area contributed by atoms with E-state index in [1.165, 1.54) is 19.7 Å². The van der Waals surface area contributed by atoms with Crippen molar-refractivity contribution in [3.8, 4) is 11.5 Å². The maximum Gasteiger partial charge on any atom is 0.290 e. The molecule has 0 aliphatic carbocycles. The van der Waals surface area contributed by atoms with Crippen LogP contribution < -0.4 is 14.8 Å². The van der Waals surface area contributed by atoms with Crippen LogP contribution in [0.25, 0.3) is 10.9 Å². The highest BCUT2D eigenvalue weighted by Gasteiger charge is 2.18. The molecule has 0 aliphatic heterocycles. The molecule has 0 amide bonds. The van der Waals surface area contributed by atoms with Crippen molar-refractivity contribution in [3.05, 3.63) is 52.8 Å². The number of nitro groups is 1. The third-order valence-corrected chi connectivity index (χ3v) is 9.08. The number of benzene rings is 2. The smallest absolute Gasteiger partial charge is 0.290 e. The zero-order chi connectivity index (χ0) is 27.2. The quantitative estimate of drug-likeness (QED) is 0.198. The molecule has 12 nitrogen and oxygen atoms in total. The fourth-order valence-corrected chi connectivity index (χ4v) is 6.93. The monoisotopic (exact) mass is 551 g/mol. The average molecular weight is 552 g/mol. The Morgan fingerprint density at radius 2 is 1.78 bits per heavy atom. The molecule has 0 bridgehead atoms. The molecule has 0 fully saturated rings. The van der Waals surface area contributed by atoms with E-state index in [0.29, 0.717) is 35.7 Å². The molecule has 37 heavy (non-hydrogen) atoms. The maximum absolute atomic E-state index is 12.8. The predicted octanol–water partition coefficient (Wildman–Crippen LogP) is 4.01. The Morgan fingerprint density at radius 3 is 2.41 bits per heavy atom. The number of hydrogen-bond acceptors (Lipinski definition) is 10. The molecular formula is C23H29N5O7S2. The fourth-order valence-electron chi connectivity index (χ4n) is 3.41. The number of anilines is 1. The molecule has 2 aromatic carbocycles. The van der Waals surface area contributed by atoms with Gasteiger partial charge in [-0.2, -0.15) is 8.42 Å². The van der Waals surface area contributed by atoms with Crippen molar-refractivity contribution in [1.82, 2.24) is 9.97 Å². The molecule has 3 aromatic rings. The zero-order valence-corrected chi connectivity index (χ0v) is 22.5. The van der Waals surface area contributed by atoms with Gasteiger partial charge in [-0.1, -0.05) is 0 Å². The van der Waals surface area contributed by atoms with E-state index in [-0.39, 0.29) is 29.0 Å². The first kappa shape index (κ1) is 28.1. The van der Waals surface area contributed by atoms with Gasteiger partial charge in [-0.15, -0.1) is 3.77 Å². The first-order chi connectivity index (χ1) is 17.4. The molecule has 3 rings (SSSR count). The van der Waals surface area contributed by atoms with Gasteiger partial charge in [-0.3, -0.25) is 10.1 Å². The molecular weight excluding hydrogens is 522 g/mol. The number of fused-ring (bicyclic) bond motifs is 1. The van der Waals surface area contributed by atoms with Crippen LogP contribution in [-0.2, 0) is 19.8 Å². The van der Waals surface area contributed by atoms with E-state index >= 15 is 0 Å². The fraction of sp³-hybridized carbons (Fsp3) is 0.391. The number of unbranched alkanes of at least 4 members (excludes halogenated alkanes) is 1. The Bertz CT molecular complexity index is 1500. The van der Waals surface area contributed by atoms with Crippen molar-refractivity contribution in [2.24, 2.45) is 3.77 Å². The van der Waals surface area contributed by atoms with Crippen molar-refractivity contribution in [2.75, 3.05) is 31.0 Å². The lowest BCUT2D eigenvalue weighted by Crippen LogP contribution is -2.11. The van der Waals surface area contributed by atoms with Crippen LogP contribution in [0.15, 0.2) is 51.4 Å². The summed E-state index contributed by atoms with van der Waals surface area (Å²) in [5, 5.41) is 14.8. The Labute approximate surface area is 215 Å². The third-order valence-electron chi connectivity index (χ3n) is 5.12. The van der Waals surface area contributed by atoms with Gasteiger partial charge in [-0.25, -0.2) is 14.2 Å². The van der Waals surface area contributed by atoms with Gasteiger partial charge in [0.05, 0.1) is 38.8 Å². The highest BCUT2D eigenvalue weighted by molar-refractivity contribution is 8.02. The molecule has 1 N–H and O–H groups in total. The number of nitro benzene ring substituents is 1. The van der Waals surface area contributed by atoms with E-state index in [2.05, 4.69) is 19.1 Å². The summed E-state index contributed by atoms with van der Waals surface area (Å²) in [5.74, 6) is 1.73. The van der Waals surface area contributed by atoms with Crippen LogP contribution in [0.4, 0.5) is 11.5 Å². The zero-order valence-electron chi connectivity index (χ0n) is 20.9. The van der Waals surface area contributed by atoms with Gasteiger partial charge >= 0.3 is 0 Å². The van der Waals surface area contributed by atoms with Crippen LogP contribution in [0.1, 0.15) is 26.7 Å². The van der Waals surface area contributed by atoms with Crippen LogP contribution in [0.2, 0.25) is 0 Å². The van der Waals surface area contributed by atoms with E-state index in [1.807, 2.05) is 13.8 Å². The number of hydrogen-bond donors (Lipinski definition) is 1. The Kier molecular flexibility index (Phi) is 8.86. The molecule has 0 aliphatic rings. The molecule has 1 unspecified atom stereocenters. The lowest BCUT2D eigenvalue weighted by atomic mass is 10.2. The van der Waals surface area contributed by atoms with Crippen molar-refractivity contribution in [2.45, 2.75) is 37.6 Å². The second-order valence-electron chi connectivity index (χ2n) is 8.56. The number of aromatic nitrogens is 2. The number of nitrogens with one attached hydrogen (secondary N) is 1. The summed E-state index contributed by atoms with van der Waals surface area (Å²) < 4.78 is 52.7. The van der Waals surface area contributed by atoms with Crippen molar-refractivity contribution < 1.29 is 27.0 Å². The minimum absolute atomic E-state index is 0.0366. The summed E-state index contributed by atoms with van der Waals surface area (Å²) in [6.45, 7) is 4.29.